The van der Waals surface area contributed by atoms with Gasteiger partial charge >= 0.3 is 0 Å². The maximum Gasteiger partial charge on any atom is 0.267 e. The highest BCUT2D eigenvalue weighted by molar-refractivity contribution is 9.13. The van der Waals surface area contributed by atoms with E-state index in [1.807, 2.05) is 0 Å². The van der Waals surface area contributed by atoms with Gasteiger partial charge in [-0.2, -0.15) is 5.10 Å². The smallest absolute Gasteiger partial charge is 0.267 e. The summed E-state index contributed by atoms with van der Waals surface area (Å²) in [4.78, 5) is 11.4. The predicted molar refractivity (Wildman–Crippen MR) is 63.4 cm³/mol. The molecule has 0 saturated carbocycles. The third-order valence-electron chi connectivity index (χ3n) is 1.88. The second-order valence-corrected chi connectivity index (χ2v) is 4.66. The van der Waals surface area contributed by atoms with Gasteiger partial charge in [-0.3, -0.25) is 4.79 Å². The molecule has 0 radical (unpaired) electrons. The minimum Gasteiger partial charge on any atom is -0.268 e. The third-order valence-corrected chi connectivity index (χ3v) is 3.61. The number of unbranched alkanes of at least 4 members (excludes halogenated alkanes) is 2. The molecule has 0 N–H and O–H groups in total. The standard InChI is InChI=1S/C9H12Br2N2O/c1-2-3-4-5-13-8(14)6-7(10)9(11)12-13/h6H,2-5H2,1H3. The van der Waals surface area contributed by atoms with Crippen molar-refractivity contribution < 1.29 is 0 Å². The summed E-state index contributed by atoms with van der Waals surface area (Å²) in [5.74, 6) is 0. The van der Waals surface area contributed by atoms with Gasteiger partial charge in [0, 0.05) is 12.6 Å². The van der Waals surface area contributed by atoms with Crippen molar-refractivity contribution in [1.82, 2.24) is 9.78 Å². The highest BCUT2D eigenvalue weighted by Crippen LogP contribution is 2.16. The fraction of sp³-hybridized carbons (Fsp3) is 0.556. The molecule has 1 aromatic rings. The number of hydrogen-bond acceptors (Lipinski definition) is 2. The first kappa shape index (κ1) is 11.9. The van der Waals surface area contributed by atoms with Gasteiger partial charge in [-0.05, 0) is 38.3 Å². The Balaban J connectivity index is 2.77. The summed E-state index contributed by atoms with van der Waals surface area (Å²) < 4.78 is 2.87. The largest absolute Gasteiger partial charge is 0.268 e. The molecule has 0 bridgehead atoms. The molecule has 0 unspecified atom stereocenters. The van der Waals surface area contributed by atoms with Crippen LogP contribution in [-0.2, 0) is 6.54 Å². The topological polar surface area (TPSA) is 34.9 Å². The van der Waals surface area contributed by atoms with Crippen molar-refractivity contribution in [2.24, 2.45) is 0 Å². The third kappa shape index (κ3) is 3.20. The van der Waals surface area contributed by atoms with Gasteiger partial charge in [0.25, 0.3) is 5.56 Å². The molecule has 1 heterocycles. The minimum absolute atomic E-state index is 0.0591. The van der Waals surface area contributed by atoms with Crippen LogP contribution in [-0.4, -0.2) is 9.78 Å². The van der Waals surface area contributed by atoms with E-state index >= 15 is 0 Å². The second-order valence-electron chi connectivity index (χ2n) is 3.05. The Bertz CT molecular complexity index is 362. The molecule has 0 aliphatic heterocycles. The van der Waals surface area contributed by atoms with Crippen LogP contribution in [0.4, 0.5) is 0 Å². The number of nitrogens with zero attached hydrogens (tertiary/aromatic N) is 2. The van der Waals surface area contributed by atoms with Crippen molar-refractivity contribution in [3.05, 3.63) is 25.5 Å². The fourth-order valence-corrected chi connectivity index (χ4v) is 1.70. The Morgan fingerprint density at radius 1 is 1.43 bits per heavy atom. The minimum atomic E-state index is -0.0591. The van der Waals surface area contributed by atoms with E-state index in [0.29, 0.717) is 15.6 Å². The number of aromatic nitrogens is 2. The van der Waals surface area contributed by atoms with Crippen LogP contribution in [0.5, 0.6) is 0 Å². The normalized spacial score (nSPS) is 10.5. The molecule has 0 atom stereocenters. The lowest BCUT2D eigenvalue weighted by Crippen LogP contribution is -2.22. The number of rotatable bonds is 4. The fourth-order valence-electron chi connectivity index (χ4n) is 1.12. The molecule has 0 aliphatic rings. The molecule has 0 spiro atoms. The summed E-state index contributed by atoms with van der Waals surface area (Å²) in [6.07, 6.45) is 3.27. The summed E-state index contributed by atoms with van der Waals surface area (Å²) in [5.41, 5.74) is -0.0591. The molecule has 1 aromatic heterocycles. The Labute approximate surface area is 99.8 Å². The van der Waals surface area contributed by atoms with Crippen LogP contribution in [0.25, 0.3) is 0 Å². The van der Waals surface area contributed by atoms with Crippen molar-refractivity contribution in [2.75, 3.05) is 0 Å². The highest BCUT2D eigenvalue weighted by Gasteiger charge is 2.03. The molecule has 1 rings (SSSR count). The van der Waals surface area contributed by atoms with Gasteiger partial charge in [0.05, 0.1) is 4.47 Å². The molecule has 78 valence electrons. The lowest BCUT2D eigenvalue weighted by Gasteiger charge is -2.04. The van der Waals surface area contributed by atoms with Crippen LogP contribution in [0.2, 0.25) is 0 Å². The summed E-state index contributed by atoms with van der Waals surface area (Å²) >= 11 is 6.51. The zero-order chi connectivity index (χ0) is 10.6. The summed E-state index contributed by atoms with van der Waals surface area (Å²) in [6, 6.07) is 1.53. The van der Waals surface area contributed by atoms with Gasteiger partial charge in [0.1, 0.15) is 4.60 Å². The Morgan fingerprint density at radius 3 is 2.79 bits per heavy atom. The van der Waals surface area contributed by atoms with Crippen molar-refractivity contribution in [2.45, 2.75) is 32.7 Å². The van der Waals surface area contributed by atoms with Crippen LogP contribution in [0, 0.1) is 0 Å². The van der Waals surface area contributed by atoms with E-state index in [-0.39, 0.29) is 5.56 Å². The lowest BCUT2D eigenvalue weighted by molar-refractivity contribution is 0.523. The zero-order valence-corrected chi connectivity index (χ0v) is 11.1. The molecule has 14 heavy (non-hydrogen) atoms. The lowest BCUT2D eigenvalue weighted by atomic mass is 10.2. The van der Waals surface area contributed by atoms with Crippen molar-refractivity contribution >= 4 is 31.9 Å². The van der Waals surface area contributed by atoms with Crippen molar-refractivity contribution in [1.29, 1.82) is 0 Å². The molecule has 5 heteroatoms. The van der Waals surface area contributed by atoms with Gasteiger partial charge in [-0.1, -0.05) is 19.8 Å². The molecule has 0 fully saturated rings. The summed E-state index contributed by atoms with van der Waals surface area (Å²) in [6.45, 7) is 2.83. The highest BCUT2D eigenvalue weighted by atomic mass is 79.9. The van der Waals surface area contributed by atoms with E-state index in [4.69, 9.17) is 0 Å². The van der Waals surface area contributed by atoms with Crippen LogP contribution in [0.1, 0.15) is 26.2 Å². The average molecular weight is 324 g/mol. The molecule has 3 nitrogen and oxygen atoms in total. The van der Waals surface area contributed by atoms with Gasteiger partial charge < -0.3 is 0 Å². The first-order valence-electron chi connectivity index (χ1n) is 4.58. The molecule has 0 amide bonds. The predicted octanol–water partition coefficient (Wildman–Crippen LogP) is 2.96. The maximum atomic E-state index is 11.4. The van der Waals surface area contributed by atoms with E-state index in [2.05, 4.69) is 43.9 Å². The van der Waals surface area contributed by atoms with Crippen LogP contribution in [0.15, 0.2) is 19.9 Å². The molecular formula is C9H12Br2N2O. The maximum absolute atomic E-state index is 11.4. The van der Waals surface area contributed by atoms with E-state index < -0.39 is 0 Å². The van der Waals surface area contributed by atoms with Crippen LogP contribution >= 0.6 is 31.9 Å². The van der Waals surface area contributed by atoms with E-state index in [1.54, 1.807) is 0 Å². The Hall–Kier alpha value is -0.160. The molecular weight excluding hydrogens is 312 g/mol. The monoisotopic (exact) mass is 322 g/mol. The van der Waals surface area contributed by atoms with Gasteiger partial charge in [0.2, 0.25) is 0 Å². The van der Waals surface area contributed by atoms with Gasteiger partial charge in [0.15, 0.2) is 0 Å². The first-order chi connectivity index (χ1) is 6.65. The number of halogens is 2. The van der Waals surface area contributed by atoms with E-state index in [9.17, 15) is 4.79 Å². The van der Waals surface area contributed by atoms with Crippen molar-refractivity contribution in [3.63, 3.8) is 0 Å². The number of aryl methyl sites for hydroxylation is 1. The van der Waals surface area contributed by atoms with E-state index in [1.165, 1.54) is 10.7 Å². The summed E-state index contributed by atoms with van der Waals surface area (Å²) in [7, 11) is 0. The Morgan fingerprint density at radius 2 is 2.14 bits per heavy atom. The SMILES string of the molecule is CCCCCn1nc(Br)c(Br)cc1=O. The van der Waals surface area contributed by atoms with Gasteiger partial charge in [-0.25, -0.2) is 4.68 Å². The quantitative estimate of drug-likeness (QED) is 0.798. The molecule has 0 aliphatic carbocycles. The Kier molecular flexibility index (Phi) is 4.81. The molecule has 0 saturated heterocycles. The zero-order valence-electron chi connectivity index (χ0n) is 7.96. The number of hydrogen-bond donors (Lipinski definition) is 0. The van der Waals surface area contributed by atoms with Gasteiger partial charge in [-0.15, -0.1) is 0 Å². The van der Waals surface area contributed by atoms with Crippen molar-refractivity contribution in [3.8, 4) is 0 Å². The van der Waals surface area contributed by atoms with Crippen LogP contribution in [0.3, 0.4) is 0 Å². The first-order valence-corrected chi connectivity index (χ1v) is 6.17. The summed E-state index contributed by atoms with van der Waals surface area (Å²) in [5, 5.41) is 4.12. The average Bonchev–Trinajstić information content (AvgIpc) is 2.14. The van der Waals surface area contributed by atoms with E-state index in [0.717, 1.165) is 19.3 Å². The second kappa shape index (κ2) is 5.66. The van der Waals surface area contributed by atoms with Crippen LogP contribution < -0.4 is 5.56 Å². The molecule has 0 aromatic carbocycles.